The second kappa shape index (κ2) is 8.06. The smallest absolute Gasteiger partial charge is 0.398 e. The van der Waals surface area contributed by atoms with Crippen LogP contribution in [0.5, 0.6) is 0 Å². The molecule has 0 spiro atoms. The molecule has 0 aliphatic carbocycles. The van der Waals surface area contributed by atoms with E-state index in [0.29, 0.717) is 16.7 Å². The second-order valence-corrected chi connectivity index (χ2v) is 5.94. The fourth-order valence-electron chi connectivity index (χ4n) is 1.96. The maximum Gasteiger partial charge on any atom is 0.398 e. The average Bonchev–Trinajstić information content (AvgIpc) is 2.59. The van der Waals surface area contributed by atoms with Crippen LogP contribution in [-0.2, 0) is 4.74 Å². The SMILES string of the molecule is COC(=O)c1cccc(C(=O)Nc2ccccc2SCC(F)(F)F)c1. The third-order valence-corrected chi connectivity index (χ3v) is 4.21. The Morgan fingerprint density at radius 3 is 2.44 bits per heavy atom. The van der Waals surface area contributed by atoms with Crippen molar-refractivity contribution in [2.75, 3.05) is 18.2 Å². The Bertz CT molecular complexity index is 778. The molecule has 0 heterocycles. The third kappa shape index (κ3) is 5.53. The van der Waals surface area contributed by atoms with Crippen molar-refractivity contribution in [3.05, 3.63) is 59.7 Å². The maximum atomic E-state index is 12.4. The molecule has 0 fully saturated rings. The summed E-state index contributed by atoms with van der Waals surface area (Å²) in [6.45, 7) is 0. The highest BCUT2D eigenvalue weighted by molar-refractivity contribution is 7.99. The van der Waals surface area contributed by atoms with Crippen LogP contribution in [0.15, 0.2) is 53.4 Å². The van der Waals surface area contributed by atoms with Gasteiger partial charge in [0.05, 0.1) is 24.1 Å². The number of thioether (sulfide) groups is 1. The number of alkyl halides is 3. The number of esters is 1. The summed E-state index contributed by atoms with van der Waals surface area (Å²) in [6, 6.07) is 12.1. The minimum Gasteiger partial charge on any atom is -0.465 e. The predicted octanol–water partition coefficient (Wildman–Crippen LogP) is 4.38. The Morgan fingerprint density at radius 1 is 1.08 bits per heavy atom. The van der Waals surface area contributed by atoms with Gasteiger partial charge in [-0.1, -0.05) is 18.2 Å². The number of methoxy groups -OCH3 is 1. The van der Waals surface area contributed by atoms with Gasteiger partial charge in [-0.15, -0.1) is 11.8 Å². The largest absolute Gasteiger partial charge is 0.465 e. The summed E-state index contributed by atoms with van der Waals surface area (Å²) in [5, 5.41) is 2.57. The van der Waals surface area contributed by atoms with E-state index < -0.39 is 23.8 Å². The highest BCUT2D eigenvalue weighted by atomic mass is 32.2. The second-order valence-electron chi connectivity index (χ2n) is 4.93. The van der Waals surface area contributed by atoms with Crippen molar-refractivity contribution in [3.8, 4) is 0 Å². The third-order valence-electron chi connectivity index (χ3n) is 3.07. The molecular weight excluding hydrogens is 355 g/mol. The number of ether oxygens (including phenoxy) is 1. The Balaban J connectivity index is 2.17. The van der Waals surface area contributed by atoms with Gasteiger partial charge in [0.15, 0.2) is 0 Å². The van der Waals surface area contributed by atoms with Crippen molar-refractivity contribution in [3.63, 3.8) is 0 Å². The minimum absolute atomic E-state index is 0.193. The number of hydrogen-bond donors (Lipinski definition) is 1. The maximum absolute atomic E-state index is 12.4. The number of amides is 1. The van der Waals surface area contributed by atoms with Gasteiger partial charge < -0.3 is 10.1 Å². The summed E-state index contributed by atoms with van der Waals surface area (Å²) in [4.78, 5) is 24.2. The molecule has 0 aromatic heterocycles. The van der Waals surface area contributed by atoms with E-state index in [-0.39, 0.29) is 16.8 Å². The molecule has 132 valence electrons. The summed E-state index contributed by atoms with van der Waals surface area (Å²) >= 11 is 0.589. The molecule has 0 bridgehead atoms. The minimum atomic E-state index is -4.31. The first kappa shape index (κ1) is 18.9. The monoisotopic (exact) mass is 369 g/mol. The lowest BCUT2D eigenvalue weighted by atomic mass is 10.1. The van der Waals surface area contributed by atoms with Crippen LogP contribution in [0, 0.1) is 0 Å². The topological polar surface area (TPSA) is 55.4 Å². The van der Waals surface area contributed by atoms with Crippen LogP contribution in [0.3, 0.4) is 0 Å². The van der Waals surface area contributed by atoms with E-state index in [2.05, 4.69) is 10.1 Å². The standard InChI is InChI=1S/C17H14F3NO3S/c1-24-16(23)12-6-4-5-11(9-12)15(22)21-13-7-2-3-8-14(13)25-10-17(18,19)20/h2-9H,10H2,1H3,(H,21,22). The lowest BCUT2D eigenvalue weighted by molar-refractivity contribution is -0.105. The fraction of sp³-hybridized carbons (Fsp3) is 0.176. The molecule has 0 unspecified atom stereocenters. The number of carbonyl (C=O) groups is 2. The van der Waals surface area contributed by atoms with Crippen LogP contribution < -0.4 is 5.32 Å². The van der Waals surface area contributed by atoms with Gasteiger partial charge in [0, 0.05) is 10.5 Å². The molecule has 0 aliphatic rings. The molecule has 2 aromatic carbocycles. The van der Waals surface area contributed by atoms with Gasteiger partial charge in [-0.3, -0.25) is 4.79 Å². The summed E-state index contributed by atoms with van der Waals surface area (Å²) in [5.41, 5.74) is 0.665. The zero-order valence-corrected chi connectivity index (χ0v) is 13.9. The van der Waals surface area contributed by atoms with E-state index >= 15 is 0 Å². The molecule has 0 radical (unpaired) electrons. The number of anilines is 1. The predicted molar refractivity (Wildman–Crippen MR) is 89.0 cm³/mol. The van der Waals surface area contributed by atoms with Gasteiger partial charge in [-0.2, -0.15) is 13.2 Å². The van der Waals surface area contributed by atoms with Crippen LogP contribution in [0.4, 0.5) is 18.9 Å². The highest BCUT2D eigenvalue weighted by Crippen LogP contribution is 2.32. The van der Waals surface area contributed by atoms with Crippen LogP contribution in [0.1, 0.15) is 20.7 Å². The van der Waals surface area contributed by atoms with Crippen molar-refractivity contribution < 1.29 is 27.5 Å². The molecule has 0 saturated carbocycles. The van der Waals surface area contributed by atoms with Crippen molar-refractivity contribution >= 4 is 29.3 Å². The first-order valence-corrected chi connectivity index (χ1v) is 8.07. The summed E-state index contributed by atoms with van der Waals surface area (Å²) in [7, 11) is 1.23. The van der Waals surface area contributed by atoms with Gasteiger partial charge >= 0.3 is 12.1 Å². The number of carbonyl (C=O) groups excluding carboxylic acids is 2. The number of hydrogen-bond acceptors (Lipinski definition) is 4. The molecule has 25 heavy (non-hydrogen) atoms. The molecule has 2 aromatic rings. The van der Waals surface area contributed by atoms with Gasteiger partial charge in [-0.25, -0.2) is 4.79 Å². The number of halogens is 3. The molecule has 8 heteroatoms. The summed E-state index contributed by atoms with van der Waals surface area (Å²) < 4.78 is 41.8. The first-order valence-electron chi connectivity index (χ1n) is 7.08. The molecule has 1 amide bonds. The Morgan fingerprint density at radius 2 is 1.76 bits per heavy atom. The van der Waals surface area contributed by atoms with E-state index in [0.717, 1.165) is 0 Å². The van der Waals surface area contributed by atoms with Crippen molar-refractivity contribution in [1.82, 2.24) is 0 Å². The lowest BCUT2D eigenvalue weighted by Crippen LogP contribution is -2.14. The molecule has 0 atom stereocenters. The van der Waals surface area contributed by atoms with E-state index in [1.807, 2.05) is 0 Å². The number of para-hydroxylation sites is 1. The number of nitrogens with one attached hydrogen (secondary N) is 1. The van der Waals surface area contributed by atoms with Gasteiger partial charge in [0.25, 0.3) is 5.91 Å². The normalized spacial score (nSPS) is 11.0. The summed E-state index contributed by atoms with van der Waals surface area (Å²) in [6.07, 6.45) is -4.31. The lowest BCUT2D eigenvalue weighted by Gasteiger charge is -2.12. The Kier molecular flexibility index (Phi) is 6.08. The Hall–Kier alpha value is -2.48. The van der Waals surface area contributed by atoms with Crippen LogP contribution in [0.2, 0.25) is 0 Å². The van der Waals surface area contributed by atoms with Gasteiger partial charge in [-0.05, 0) is 30.3 Å². The molecule has 2 rings (SSSR count). The fourth-order valence-corrected chi connectivity index (χ4v) is 2.72. The van der Waals surface area contributed by atoms with Gasteiger partial charge in [0.2, 0.25) is 0 Å². The van der Waals surface area contributed by atoms with Crippen molar-refractivity contribution in [2.45, 2.75) is 11.1 Å². The summed E-state index contributed by atoms with van der Waals surface area (Å²) in [5.74, 6) is -2.18. The first-order chi connectivity index (χ1) is 11.8. The number of benzene rings is 2. The van der Waals surface area contributed by atoms with E-state index in [1.165, 1.54) is 43.5 Å². The van der Waals surface area contributed by atoms with E-state index in [4.69, 9.17) is 0 Å². The van der Waals surface area contributed by atoms with Crippen LogP contribution >= 0.6 is 11.8 Å². The quantitative estimate of drug-likeness (QED) is 0.628. The van der Waals surface area contributed by atoms with E-state index in [9.17, 15) is 22.8 Å². The zero-order chi connectivity index (χ0) is 18.4. The Labute approximate surface area is 146 Å². The molecule has 4 nitrogen and oxygen atoms in total. The number of rotatable bonds is 5. The van der Waals surface area contributed by atoms with Crippen LogP contribution in [0.25, 0.3) is 0 Å². The van der Waals surface area contributed by atoms with Crippen molar-refractivity contribution in [2.24, 2.45) is 0 Å². The van der Waals surface area contributed by atoms with Crippen molar-refractivity contribution in [1.29, 1.82) is 0 Å². The van der Waals surface area contributed by atoms with Crippen LogP contribution in [-0.4, -0.2) is 30.9 Å². The average molecular weight is 369 g/mol. The van der Waals surface area contributed by atoms with Gasteiger partial charge in [0.1, 0.15) is 0 Å². The molecule has 0 saturated heterocycles. The van der Waals surface area contributed by atoms with E-state index in [1.54, 1.807) is 12.1 Å². The molecule has 0 aliphatic heterocycles. The molecule has 1 N–H and O–H groups in total. The molecular formula is C17H14F3NO3S. The highest BCUT2D eigenvalue weighted by Gasteiger charge is 2.27. The zero-order valence-electron chi connectivity index (χ0n) is 13.1.